The van der Waals surface area contributed by atoms with Crippen LogP contribution in [0.5, 0.6) is 0 Å². The molecule has 0 amide bonds. The van der Waals surface area contributed by atoms with Crippen LogP contribution in [-0.2, 0) is 28.4 Å². The van der Waals surface area contributed by atoms with Crippen LogP contribution in [0.2, 0.25) is 0 Å². The van der Waals surface area contributed by atoms with Gasteiger partial charge in [0.15, 0.2) is 0 Å². The highest BCUT2D eigenvalue weighted by Gasteiger charge is 2.62. The van der Waals surface area contributed by atoms with Crippen LogP contribution < -0.4 is 0 Å². The Balaban J connectivity index is 1.28. The first-order valence-electron chi connectivity index (χ1n) is 6.54. The lowest BCUT2D eigenvalue weighted by Crippen LogP contribution is -2.45. The minimum atomic E-state index is -0.422. The molecule has 0 aromatic carbocycles. The van der Waals surface area contributed by atoms with Crippen molar-refractivity contribution in [3.8, 4) is 0 Å². The van der Waals surface area contributed by atoms with E-state index in [0.717, 1.165) is 13.2 Å². The summed E-state index contributed by atoms with van der Waals surface area (Å²) in [5, 5.41) is 0. The van der Waals surface area contributed by atoms with E-state index in [1.807, 2.05) is 0 Å². The summed E-state index contributed by atoms with van der Waals surface area (Å²) in [6.45, 7) is 4.57. The van der Waals surface area contributed by atoms with E-state index in [1.165, 1.54) is 0 Å². The lowest BCUT2D eigenvalue weighted by Gasteiger charge is -2.28. The van der Waals surface area contributed by atoms with Crippen LogP contribution in [0.3, 0.4) is 0 Å². The monoisotopic (exact) mass is 258 g/mol. The molecule has 4 rings (SSSR count). The van der Waals surface area contributed by atoms with Crippen LogP contribution in [0.25, 0.3) is 0 Å². The van der Waals surface area contributed by atoms with Gasteiger partial charge in [0.1, 0.15) is 30.0 Å². The first-order valence-corrected chi connectivity index (χ1v) is 6.54. The van der Waals surface area contributed by atoms with Gasteiger partial charge in [-0.05, 0) is 0 Å². The van der Waals surface area contributed by atoms with Crippen LogP contribution in [0.1, 0.15) is 0 Å². The Kier molecular flexibility index (Phi) is 2.83. The first kappa shape index (κ1) is 11.6. The van der Waals surface area contributed by atoms with E-state index in [-0.39, 0.29) is 24.4 Å². The highest BCUT2D eigenvalue weighted by molar-refractivity contribution is 5.08. The molecule has 4 unspecified atom stereocenters. The molecule has 4 atom stereocenters. The maximum absolute atomic E-state index is 5.85. The Morgan fingerprint density at radius 3 is 1.94 bits per heavy atom. The predicted molar refractivity (Wildman–Crippen MR) is 58.5 cm³/mol. The fourth-order valence-corrected chi connectivity index (χ4v) is 2.41. The fraction of sp³-hybridized carbons (Fsp3) is 1.00. The van der Waals surface area contributed by atoms with Gasteiger partial charge in [-0.15, -0.1) is 0 Å². The molecule has 0 aromatic heterocycles. The van der Waals surface area contributed by atoms with Crippen molar-refractivity contribution in [3.05, 3.63) is 0 Å². The molecule has 6 heteroatoms. The predicted octanol–water partition coefficient (Wildman–Crippen LogP) is -0.646. The molecule has 4 fully saturated rings. The van der Waals surface area contributed by atoms with Gasteiger partial charge in [0.05, 0.1) is 46.2 Å². The zero-order valence-electron chi connectivity index (χ0n) is 10.2. The number of fused-ring (bicyclic) bond motifs is 1. The summed E-state index contributed by atoms with van der Waals surface area (Å²) < 4.78 is 33.0. The molecule has 0 aliphatic carbocycles. The molecule has 0 aromatic rings. The summed E-state index contributed by atoms with van der Waals surface area (Å²) in [7, 11) is 0. The Labute approximate surface area is 105 Å². The number of hydrogen-bond donors (Lipinski definition) is 0. The van der Waals surface area contributed by atoms with Crippen molar-refractivity contribution in [2.75, 3.05) is 46.2 Å². The lowest BCUT2D eigenvalue weighted by atomic mass is 10.0. The highest BCUT2D eigenvalue weighted by Crippen LogP contribution is 2.42. The van der Waals surface area contributed by atoms with E-state index in [4.69, 9.17) is 28.4 Å². The molecular formula is C12H18O6. The van der Waals surface area contributed by atoms with E-state index < -0.39 is 5.60 Å². The van der Waals surface area contributed by atoms with E-state index in [0.29, 0.717) is 33.0 Å². The van der Waals surface area contributed by atoms with Crippen LogP contribution in [0.15, 0.2) is 0 Å². The Morgan fingerprint density at radius 2 is 1.56 bits per heavy atom. The van der Waals surface area contributed by atoms with E-state index in [1.54, 1.807) is 0 Å². The van der Waals surface area contributed by atoms with Crippen LogP contribution >= 0.6 is 0 Å². The van der Waals surface area contributed by atoms with E-state index in [2.05, 4.69) is 0 Å². The van der Waals surface area contributed by atoms with Crippen molar-refractivity contribution in [2.45, 2.75) is 30.0 Å². The molecular weight excluding hydrogens is 240 g/mol. The molecule has 102 valence electrons. The van der Waals surface area contributed by atoms with E-state index in [9.17, 15) is 0 Å². The van der Waals surface area contributed by atoms with Gasteiger partial charge in [-0.1, -0.05) is 0 Å². The topological polar surface area (TPSA) is 65.3 Å². The number of hydrogen-bond acceptors (Lipinski definition) is 6. The number of epoxide rings is 3. The van der Waals surface area contributed by atoms with Crippen molar-refractivity contribution in [1.82, 2.24) is 0 Å². The second-order valence-electron chi connectivity index (χ2n) is 5.41. The molecule has 6 nitrogen and oxygen atoms in total. The zero-order valence-corrected chi connectivity index (χ0v) is 10.2. The van der Waals surface area contributed by atoms with Crippen molar-refractivity contribution in [3.63, 3.8) is 0 Å². The first-order chi connectivity index (χ1) is 8.86. The molecule has 4 aliphatic rings. The van der Waals surface area contributed by atoms with Crippen molar-refractivity contribution < 1.29 is 28.4 Å². The Bertz CT molecular complexity index is 296. The van der Waals surface area contributed by atoms with Gasteiger partial charge < -0.3 is 28.4 Å². The Hall–Kier alpha value is -0.240. The maximum Gasteiger partial charge on any atom is 0.143 e. The van der Waals surface area contributed by atoms with Gasteiger partial charge in [-0.2, -0.15) is 0 Å². The molecule has 0 spiro atoms. The molecule has 0 radical (unpaired) electrons. The molecule has 4 heterocycles. The third-order valence-electron chi connectivity index (χ3n) is 3.74. The third kappa shape index (κ3) is 2.41. The summed E-state index contributed by atoms with van der Waals surface area (Å²) in [6.07, 6.45) is 0.935. The largest absolute Gasteiger partial charge is 0.375 e. The summed E-state index contributed by atoms with van der Waals surface area (Å²) in [4.78, 5) is 0. The summed E-state index contributed by atoms with van der Waals surface area (Å²) >= 11 is 0. The minimum absolute atomic E-state index is 0.137. The van der Waals surface area contributed by atoms with E-state index >= 15 is 0 Å². The summed E-state index contributed by atoms with van der Waals surface area (Å²) in [5.74, 6) is 0. The van der Waals surface area contributed by atoms with Gasteiger partial charge in [-0.3, -0.25) is 0 Å². The second-order valence-corrected chi connectivity index (χ2v) is 5.41. The maximum atomic E-state index is 5.85. The van der Waals surface area contributed by atoms with Crippen LogP contribution in [0, 0.1) is 0 Å². The van der Waals surface area contributed by atoms with Crippen molar-refractivity contribution in [1.29, 1.82) is 0 Å². The zero-order chi connectivity index (χ0) is 12.0. The van der Waals surface area contributed by atoms with Crippen molar-refractivity contribution >= 4 is 0 Å². The quantitative estimate of drug-likeness (QED) is 0.539. The van der Waals surface area contributed by atoms with Gasteiger partial charge >= 0.3 is 0 Å². The fourth-order valence-electron chi connectivity index (χ4n) is 2.41. The number of rotatable bonds is 8. The third-order valence-corrected chi connectivity index (χ3v) is 3.74. The minimum Gasteiger partial charge on any atom is -0.375 e. The van der Waals surface area contributed by atoms with Gasteiger partial charge in [-0.25, -0.2) is 0 Å². The molecule has 0 saturated carbocycles. The second kappa shape index (κ2) is 4.40. The SMILES string of the molecule is C(OCC1(COCC2CO2)OCC2OC21)C1CO1. The Morgan fingerprint density at radius 1 is 0.944 bits per heavy atom. The van der Waals surface area contributed by atoms with Crippen LogP contribution in [0.4, 0.5) is 0 Å². The van der Waals surface area contributed by atoms with Crippen molar-refractivity contribution in [2.24, 2.45) is 0 Å². The standard InChI is InChI=1S/C12H18O6/c1(8-3-15-8)13-6-12(7-14-2-9-4-16-9)11-10(18-11)5-17-12/h8-11H,1-7H2. The lowest BCUT2D eigenvalue weighted by molar-refractivity contribution is -0.143. The average Bonchev–Trinajstić information content (AvgIpc) is 3.21. The molecule has 4 aliphatic heterocycles. The van der Waals surface area contributed by atoms with Gasteiger partial charge in [0.25, 0.3) is 0 Å². The normalized spacial score (nSPS) is 48.0. The average molecular weight is 258 g/mol. The molecule has 18 heavy (non-hydrogen) atoms. The number of ether oxygens (including phenoxy) is 6. The van der Waals surface area contributed by atoms with Crippen LogP contribution in [-0.4, -0.2) is 76.3 Å². The molecule has 4 saturated heterocycles. The summed E-state index contributed by atoms with van der Waals surface area (Å²) in [5.41, 5.74) is -0.422. The smallest absolute Gasteiger partial charge is 0.143 e. The molecule has 0 bridgehead atoms. The summed E-state index contributed by atoms with van der Waals surface area (Å²) in [6, 6.07) is 0. The molecule has 0 N–H and O–H groups in total. The highest BCUT2D eigenvalue weighted by atomic mass is 16.7. The van der Waals surface area contributed by atoms with Gasteiger partial charge in [0, 0.05) is 0 Å². The van der Waals surface area contributed by atoms with Gasteiger partial charge in [0.2, 0.25) is 0 Å².